The number of aromatic amines is 1. The zero-order valence-electron chi connectivity index (χ0n) is 15.2. The number of hydrogen-bond acceptors (Lipinski definition) is 5. The molecule has 1 aliphatic rings. The molecule has 7 heteroatoms. The molecule has 0 aliphatic carbocycles. The Kier molecular flexibility index (Phi) is 4.71. The molecule has 1 aliphatic heterocycles. The van der Waals surface area contributed by atoms with E-state index < -0.39 is 0 Å². The van der Waals surface area contributed by atoms with E-state index >= 15 is 0 Å². The molecule has 26 heavy (non-hydrogen) atoms. The third-order valence-electron chi connectivity index (χ3n) is 5.07. The highest BCUT2D eigenvalue weighted by atomic mass is 16.5. The van der Waals surface area contributed by atoms with Gasteiger partial charge in [-0.1, -0.05) is 13.0 Å². The molecule has 136 valence electrons. The lowest BCUT2D eigenvalue weighted by atomic mass is 9.99. The van der Waals surface area contributed by atoms with Crippen molar-refractivity contribution < 1.29 is 4.74 Å². The summed E-state index contributed by atoms with van der Waals surface area (Å²) in [5, 5.41) is 4.20. The van der Waals surface area contributed by atoms with E-state index in [4.69, 9.17) is 4.74 Å². The summed E-state index contributed by atoms with van der Waals surface area (Å²) in [5.74, 6) is 0.879. The minimum absolute atomic E-state index is 0.367. The molecule has 0 amide bonds. The first-order valence-electron chi connectivity index (χ1n) is 9.03. The van der Waals surface area contributed by atoms with E-state index in [9.17, 15) is 0 Å². The van der Waals surface area contributed by atoms with Crippen LogP contribution in [-0.2, 0) is 19.5 Å². The molecule has 1 N–H and O–H groups in total. The van der Waals surface area contributed by atoms with Crippen molar-refractivity contribution >= 4 is 0 Å². The molecule has 1 atom stereocenters. The van der Waals surface area contributed by atoms with Gasteiger partial charge in [0, 0.05) is 30.8 Å². The lowest BCUT2D eigenvalue weighted by Crippen LogP contribution is -2.34. The molecule has 4 rings (SSSR count). The van der Waals surface area contributed by atoms with Gasteiger partial charge in [0.1, 0.15) is 18.4 Å². The van der Waals surface area contributed by atoms with Gasteiger partial charge in [0.25, 0.3) is 0 Å². The molecule has 0 saturated carbocycles. The number of rotatable bonds is 6. The van der Waals surface area contributed by atoms with E-state index in [1.54, 1.807) is 19.8 Å². The number of nitrogens with one attached hydrogen (secondary N) is 1. The second-order valence-corrected chi connectivity index (χ2v) is 6.65. The van der Waals surface area contributed by atoms with Crippen molar-refractivity contribution in [3.63, 3.8) is 0 Å². The fraction of sp³-hybridized carbons (Fsp3) is 0.421. The Labute approximate surface area is 153 Å². The topological polar surface area (TPSA) is 71.9 Å². The van der Waals surface area contributed by atoms with E-state index in [0.29, 0.717) is 12.6 Å². The van der Waals surface area contributed by atoms with Gasteiger partial charge in [-0.05, 0) is 24.1 Å². The summed E-state index contributed by atoms with van der Waals surface area (Å²) in [7, 11) is 1.71. The molecule has 7 nitrogen and oxygen atoms in total. The summed E-state index contributed by atoms with van der Waals surface area (Å²) in [6, 6.07) is 6.78. The molecule has 0 bridgehead atoms. The van der Waals surface area contributed by atoms with Crippen molar-refractivity contribution in [2.45, 2.75) is 38.9 Å². The van der Waals surface area contributed by atoms with Gasteiger partial charge in [0.2, 0.25) is 0 Å². The molecule has 3 aromatic rings. The van der Waals surface area contributed by atoms with Crippen LogP contribution in [0.15, 0.2) is 37.2 Å². The molecule has 0 unspecified atom stereocenters. The maximum Gasteiger partial charge on any atom is 0.137 e. The standard InChI is InChI=1S/C19H24N6O/c1-3-17-19-16(21-12-22-19)6-7-24(17)9-14-4-5-18(26-2)15(8-14)10-25-13-20-11-23-25/h4-5,8,11-13,17H,3,6-7,9-10H2,1-2H3,(H,21,22)/t17-/m0/s1. The first kappa shape index (κ1) is 16.8. The van der Waals surface area contributed by atoms with Crippen LogP contribution in [-0.4, -0.2) is 43.3 Å². The smallest absolute Gasteiger partial charge is 0.137 e. The predicted octanol–water partition coefficient (Wildman–Crippen LogP) is 2.57. The van der Waals surface area contributed by atoms with Crippen LogP contribution in [0.1, 0.15) is 41.9 Å². The van der Waals surface area contributed by atoms with Gasteiger partial charge in [0.05, 0.1) is 31.7 Å². The van der Waals surface area contributed by atoms with Crippen LogP contribution in [0.3, 0.4) is 0 Å². The van der Waals surface area contributed by atoms with E-state index in [1.807, 2.05) is 17.1 Å². The molecule has 2 aromatic heterocycles. The Hall–Kier alpha value is -2.67. The van der Waals surface area contributed by atoms with Crippen LogP contribution in [0, 0.1) is 0 Å². The number of fused-ring (bicyclic) bond motifs is 1. The molecule has 0 radical (unpaired) electrons. The predicted molar refractivity (Wildman–Crippen MR) is 97.9 cm³/mol. The maximum absolute atomic E-state index is 5.53. The van der Waals surface area contributed by atoms with Gasteiger partial charge in [-0.2, -0.15) is 5.10 Å². The van der Waals surface area contributed by atoms with Gasteiger partial charge in [-0.25, -0.2) is 14.6 Å². The van der Waals surface area contributed by atoms with Gasteiger partial charge >= 0.3 is 0 Å². The quantitative estimate of drug-likeness (QED) is 0.738. The maximum atomic E-state index is 5.53. The number of benzene rings is 1. The molecule has 0 fully saturated rings. The zero-order valence-corrected chi connectivity index (χ0v) is 15.2. The summed E-state index contributed by atoms with van der Waals surface area (Å²) < 4.78 is 7.34. The summed E-state index contributed by atoms with van der Waals surface area (Å²) in [6.07, 6.45) is 7.17. The first-order chi connectivity index (χ1) is 12.8. The van der Waals surface area contributed by atoms with Crippen LogP contribution in [0.25, 0.3) is 0 Å². The Morgan fingerprint density at radius 3 is 3.00 bits per heavy atom. The summed E-state index contributed by atoms with van der Waals surface area (Å²) in [4.78, 5) is 14.4. The van der Waals surface area contributed by atoms with Crippen molar-refractivity contribution in [1.29, 1.82) is 0 Å². The number of ether oxygens (including phenoxy) is 1. The van der Waals surface area contributed by atoms with Gasteiger partial charge < -0.3 is 9.72 Å². The lowest BCUT2D eigenvalue weighted by molar-refractivity contribution is 0.167. The normalized spacial score (nSPS) is 17.2. The van der Waals surface area contributed by atoms with Crippen molar-refractivity contribution in [2.24, 2.45) is 0 Å². The van der Waals surface area contributed by atoms with Crippen LogP contribution in [0.4, 0.5) is 0 Å². The summed E-state index contributed by atoms with van der Waals surface area (Å²) in [5.41, 5.74) is 4.88. The van der Waals surface area contributed by atoms with Crippen molar-refractivity contribution in [1.82, 2.24) is 29.6 Å². The van der Waals surface area contributed by atoms with Crippen molar-refractivity contribution in [2.75, 3.05) is 13.7 Å². The van der Waals surface area contributed by atoms with Gasteiger partial charge in [-0.3, -0.25) is 4.90 Å². The van der Waals surface area contributed by atoms with E-state index in [-0.39, 0.29) is 0 Å². The highest BCUT2D eigenvalue weighted by molar-refractivity contribution is 5.37. The van der Waals surface area contributed by atoms with Crippen LogP contribution >= 0.6 is 0 Å². The SMILES string of the molecule is CC[C@H]1c2nc[nH]c2CCN1Cc1ccc(OC)c(Cn2cncn2)c1. The molecule has 1 aromatic carbocycles. The Bertz CT molecular complexity index is 857. The molecule has 3 heterocycles. The number of nitrogens with zero attached hydrogens (tertiary/aromatic N) is 5. The minimum Gasteiger partial charge on any atom is -0.496 e. The second kappa shape index (κ2) is 7.29. The third kappa shape index (κ3) is 3.22. The number of H-pyrrole nitrogens is 1. The Morgan fingerprint density at radius 2 is 2.23 bits per heavy atom. The second-order valence-electron chi connectivity index (χ2n) is 6.65. The Morgan fingerprint density at radius 1 is 1.31 bits per heavy atom. The van der Waals surface area contributed by atoms with E-state index in [0.717, 1.165) is 37.2 Å². The zero-order chi connectivity index (χ0) is 17.9. The van der Waals surface area contributed by atoms with Gasteiger partial charge in [-0.15, -0.1) is 0 Å². The minimum atomic E-state index is 0.367. The highest BCUT2D eigenvalue weighted by Crippen LogP contribution is 2.31. The van der Waals surface area contributed by atoms with Crippen molar-refractivity contribution in [3.8, 4) is 5.75 Å². The number of aromatic nitrogens is 5. The number of imidazole rings is 1. The highest BCUT2D eigenvalue weighted by Gasteiger charge is 2.28. The summed E-state index contributed by atoms with van der Waals surface area (Å²) in [6.45, 7) is 4.82. The molecular weight excluding hydrogens is 328 g/mol. The lowest BCUT2D eigenvalue weighted by Gasteiger charge is -2.34. The largest absolute Gasteiger partial charge is 0.496 e. The van der Waals surface area contributed by atoms with Crippen LogP contribution < -0.4 is 4.74 Å². The fourth-order valence-corrected chi connectivity index (χ4v) is 3.82. The third-order valence-corrected chi connectivity index (χ3v) is 5.07. The average molecular weight is 352 g/mol. The number of hydrogen-bond donors (Lipinski definition) is 1. The van der Waals surface area contributed by atoms with Crippen molar-refractivity contribution in [3.05, 3.63) is 59.7 Å². The average Bonchev–Trinajstić information content (AvgIpc) is 3.33. The Balaban J connectivity index is 1.56. The molecule has 0 spiro atoms. The number of methoxy groups -OCH3 is 1. The fourth-order valence-electron chi connectivity index (χ4n) is 3.82. The molecular formula is C19H24N6O. The van der Waals surface area contributed by atoms with Gasteiger partial charge in [0.15, 0.2) is 0 Å². The van der Waals surface area contributed by atoms with Crippen LogP contribution in [0.2, 0.25) is 0 Å². The molecule has 0 saturated heterocycles. The monoisotopic (exact) mass is 352 g/mol. The van der Waals surface area contributed by atoms with E-state index in [2.05, 4.69) is 44.0 Å². The summed E-state index contributed by atoms with van der Waals surface area (Å²) >= 11 is 0. The first-order valence-corrected chi connectivity index (χ1v) is 9.03. The van der Waals surface area contributed by atoms with E-state index in [1.165, 1.54) is 17.0 Å². The van der Waals surface area contributed by atoms with Crippen LogP contribution in [0.5, 0.6) is 5.75 Å².